The Hall–Kier alpha value is -4.96. The smallest absolute Gasteiger partial charge is 0.183 e. The van der Waals surface area contributed by atoms with Crippen LogP contribution in [0.25, 0.3) is 32.7 Å². The third kappa shape index (κ3) is 5.01. The first kappa shape index (κ1) is 27.2. The number of ketones is 2. The van der Waals surface area contributed by atoms with Crippen molar-refractivity contribution in [3.05, 3.63) is 60.9 Å². The molecule has 3 aromatic carbocycles. The molecule has 2 aromatic heterocycles. The Labute approximate surface area is 241 Å². The summed E-state index contributed by atoms with van der Waals surface area (Å²) in [4.78, 5) is 44.0. The van der Waals surface area contributed by atoms with Crippen molar-refractivity contribution >= 4 is 67.2 Å². The lowest BCUT2D eigenvalue weighted by molar-refractivity contribution is -0.116. The van der Waals surface area contributed by atoms with E-state index in [-0.39, 0.29) is 41.6 Å². The van der Waals surface area contributed by atoms with Gasteiger partial charge < -0.3 is 18.8 Å². The number of hydrogen-bond acceptors (Lipinski definition) is 9. The molecule has 1 aliphatic carbocycles. The van der Waals surface area contributed by atoms with Crippen LogP contribution in [-0.2, 0) is 20.9 Å². The molecule has 10 nitrogen and oxygen atoms in total. The summed E-state index contributed by atoms with van der Waals surface area (Å²) < 4.78 is 18.5. The van der Waals surface area contributed by atoms with Crippen LogP contribution >= 0.6 is 0 Å². The molecule has 0 atom stereocenters. The van der Waals surface area contributed by atoms with E-state index >= 15 is 0 Å². The zero-order chi connectivity index (χ0) is 29.2. The lowest BCUT2D eigenvalue weighted by Crippen LogP contribution is -2.32. The van der Waals surface area contributed by atoms with Crippen molar-refractivity contribution in [2.75, 3.05) is 27.4 Å². The molecule has 0 saturated heterocycles. The van der Waals surface area contributed by atoms with Crippen LogP contribution < -0.4 is 9.47 Å². The maximum absolute atomic E-state index is 13.2. The van der Waals surface area contributed by atoms with Crippen molar-refractivity contribution in [3.63, 3.8) is 0 Å². The van der Waals surface area contributed by atoms with E-state index in [1.54, 1.807) is 19.2 Å². The van der Waals surface area contributed by atoms with Gasteiger partial charge in [0.15, 0.2) is 28.9 Å². The molecule has 0 radical (unpaired) electrons. The van der Waals surface area contributed by atoms with Crippen LogP contribution in [0.2, 0.25) is 0 Å². The standard InChI is InChI=1S/C32H29N5O5/c1-4-37-26-8-6-5-7-20(26)21-13-19(9-10-27(21)37)35-24-15-29(39)25(16-28(24)38)36-32-22-14-30(41-3)31(42-12-11-40-2)17-23(22)33-18-34-32/h5-10,13-14,17-18H,4,11-12,15-16H2,1-3H3. The van der Waals surface area contributed by atoms with Crippen LogP contribution in [-0.4, -0.2) is 65.0 Å². The Morgan fingerprint density at radius 1 is 0.810 bits per heavy atom. The molecule has 1 saturated carbocycles. The lowest BCUT2D eigenvalue weighted by atomic mass is 9.93. The number of Topliss-reactive ketones (excluding diaryl/α,β-unsaturated/α-hetero) is 2. The van der Waals surface area contributed by atoms with Crippen molar-refractivity contribution in [1.82, 2.24) is 14.5 Å². The molecule has 6 rings (SSSR count). The number of ether oxygens (including phenoxy) is 3. The number of nitrogens with zero attached hydrogens (tertiary/aromatic N) is 5. The van der Waals surface area contributed by atoms with Crippen LogP contribution in [0.3, 0.4) is 0 Å². The number of aryl methyl sites for hydroxylation is 1. The Balaban J connectivity index is 1.29. The molecule has 0 aliphatic heterocycles. The highest BCUT2D eigenvalue weighted by atomic mass is 16.5. The molecule has 0 amide bonds. The normalized spacial score (nSPS) is 15.9. The van der Waals surface area contributed by atoms with E-state index in [2.05, 4.69) is 43.6 Å². The molecule has 10 heteroatoms. The zero-order valence-electron chi connectivity index (χ0n) is 23.6. The fourth-order valence-corrected chi connectivity index (χ4v) is 5.29. The molecule has 1 aliphatic rings. The summed E-state index contributed by atoms with van der Waals surface area (Å²) in [5.74, 6) is 0.733. The van der Waals surface area contributed by atoms with E-state index < -0.39 is 0 Å². The first-order valence-electron chi connectivity index (χ1n) is 13.7. The second-order valence-electron chi connectivity index (χ2n) is 9.84. The van der Waals surface area contributed by atoms with Gasteiger partial charge in [0, 0.05) is 46.9 Å². The number of carbonyl (C=O) groups excluding carboxylic acids is 2. The number of aromatic nitrogens is 3. The van der Waals surface area contributed by atoms with Crippen LogP contribution in [0.4, 0.5) is 11.5 Å². The van der Waals surface area contributed by atoms with Crippen LogP contribution in [0.5, 0.6) is 11.5 Å². The van der Waals surface area contributed by atoms with Crippen LogP contribution in [0.15, 0.2) is 70.9 Å². The van der Waals surface area contributed by atoms with Gasteiger partial charge in [0.1, 0.15) is 12.9 Å². The van der Waals surface area contributed by atoms with Crippen molar-refractivity contribution < 1.29 is 23.8 Å². The number of rotatable bonds is 8. The average Bonchev–Trinajstić information content (AvgIpc) is 3.32. The van der Waals surface area contributed by atoms with Gasteiger partial charge in [0.2, 0.25) is 0 Å². The van der Waals surface area contributed by atoms with E-state index in [0.29, 0.717) is 41.3 Å². The monoisotopic (exact) mass is 563 g/mol. The topological polar surface area (TPSA) is 117 Å². The van der Waals surface area contributed by atoms with Gasteiger partial charge in [0.05, 0.1) is 49.2 Å². The fourth-order valence-electron chi connectivity index (χ4n) is 5.29. The quantitative estimate of drug-likeness (QED) is 0.227. The molecule has 1 fully saturated rings. The summed E-state index contributed by atoms with van der Waals surface area (Å²) in [7, 11) is 3.13. The predicted octanol–water partition coefficient (Wildman–Crippen LogP) is 5.57. The maximum atomic E-state index is 13.2. The van der Waals surface area contributed by atoms with Gasteiger partial charge in [-0.1, -0.05) is 18.2 Å². The third-order valence-electron chi connectivity index (χ3n) is 7.32. The Morgan fingerprint density at radius 3 is 2.33 bits per heavy atom. The molecule has 5 aromatic rings. The first-order valence-corrected chi connectivity index (χ1v) is 13.7. The summed E-state index contributed by atoms with van der Waals surface area (Å²) in [6, 6.07) is 17.5. The van der Waals surface area contributed by atoms with Crippen molar-refractivity contribution in [3.8, 4) is 11.5 Å². The minimum Gasteiger partial charge on any atom is -0.493 e. The number of para-hydroxylation sites is 1. The van der Waals surface area contributed by atoms with Gasteiger partial charge >= 0.3 is 0 Å². The molecular weight excluding hydrogens is 534 g/mol. The summed E-state index contributed by atoms with van der Waals surface area (Å²) in [5, 5.41) is 2.75. The van der Waals surface area contributed by atoms with E-state index in [9.17, 15) is 9.59 Å². The summed E-state index contributed by atoms with van der Waals surface area (Å²) in [6.45, 7) is 3.71. The van der Waals surface area contributed by atoms with Gasteiger partial charge in [-0.15, -0.1) is 0 Å². The lowest BCUT2D eigenvalue weighted by Gasteiger charge is -2.14. The highest BCUT2D eigenvalue weighted by molar-refractivity contribution is 6.61. The highest BCUT2D eigenvalue weighted by Crippen LogP contribution is 2.35. The first-order chi connectivity index (χ1) is 20.5. The molecule has 0 unspecified atom stereocenters. The molecule has 0 spiro atoms. The molecular formula is C32H29N5O5. The minimum atomic E-state index is -0.268. The number of benzene rings is 3. The number of carbonyl (C=O) groups is 2. The van der Waals surface area contributed by atoms with Gasteiger partial charge in [-0.3, -0.25) is 9.59 Å². The van der Waals surface area contributed by atoms with Gasteiger partial charge in [-0.05, 0) is 37.3 Å². The number of aliphatic imine (C=N–C) groups is 2. The molecule has 0 N–H and O–H groups in total. The van der Waals surface area contributed by atoms with E-state index in [4.69, 9.17) is 14.2 Å². The van der Waals surface area contributed by atoms with Crippen molar-refractivity contribution in [2.45, 2.75) is 26.3 Å². The summed E-state index contributed by atoms with van der Waals surface area (Å²) >= 11 is 0. The largest absolute Gasteiger partial charge is 0.493 e. The Kier molecular flexibility index (Phi) is 7.45. The zero-order valence-corrected chi connectivity index (χ0v) is 23.6. The highest BCUT2D eigenvalue weighted by Gasteiger charge is 2.29. The van der Waals surface area contributed by atoms with E-state index in [1.165, 1.54) is 13.4 Å². The van der Waals surface area contributed by atoms with Crippen LogP contribution in [0, 0.1) is 0 Å². The minimum absolute atomic E-state index is 0.129. The molecule has 212 valence electrons. The van der Waals surface area contributed by atoms with Gasteiger partial charge in [-0.2, -0.15) is 0 Å². The predicted molar refractivity (Wildman–Crippen MR) is 162 cm³/mol. The maximum Gasteiger partial charge on any atom is 0.183 e. The molecule has 2 heterocycles. The van der Waals surface area contributed by atoms with Gasteiger partial charge in [-0.25, -0.2) is 20.0 Å². The number of hydrogen-bond donors (Lipinski definition) is 0. The average molecular weight is 564 g/mol. The van der Waals surface area contributed by atoms with Crippen LogP contribution in [0.1, 0.15) is 19.8 Å². The fraction of sp³-hybridized carbons (Fsp3) is 0.250. The second kappa shape index (κ2) is 11.5. The third-order valence-corrected chi connectivity index (χ3v) is 7.32. The van der Waals surface area contributed by atoms with E-state index in [1.807, 2.05) is 30.3 Å². The van der Waals surface area contributed by atoms with Gasteiger partial charge in [0.25, 0.3) is 0 Å². The van der Waals surface area contributed by atoms with Crippen molar-refractivity contribution in [2.24, 2.45) is 9.98 Å². The number of methoxy groups -OCH3 is 2. The Morgan fingerprint density at radius 2 is 1.57 bits per heavy atom. The summed E-state index contributed by atoms with van der Waals surface area (Å²) in [6.07, 6.45) is 1.08. The second-order valence-corrected chi connectivity index (χ2v) is 9.84. The van der Waals surface area contributed by atoms with E-state index in [0.717, 1.165) is 28.4 Å². The number of fused-ring (bicyclic) bond motifs is 4. The summed E-state index contributed by atoms with van der Waals surface area (Å²) in [5.41, 5.74) is 3.81. The molecule has 0 bridgehead atoms. The SMILES string of the molecule is CCn1c2ccccc2c2cc(N=C3CC(=O)C(=Nc4ncnc5cc(OCCOC)c(OC)cc45)CC3=O)ccc21. The van der Waals surface area contributed by atoms with Crippen molar-refractivity contribution in [1.29, 1.82) is 0 Å². The Bertz CT molecular complexity index is 1920. The molecule has 42 heavy (non-hydrogen) atoms.